The molecule has 1 aliphatic rings. The lowest BCUT2D eigenvalue weighted by atomic mass is 10.0. The van der Waals surface area contributed by atoms with Gasteiger partial charge < -0.3 is 10.3 Å². The Morgan fingerprint density at radius 1 is 1.67 bits per heavy atom. The Balaban J connectivity index is 2.19. The van der Waals surface area contributed by atoms with Gasteiger partial charge in [0.2, 0.25) is 0 Å². The Labute approximate surface area is 71.8 Å². The minimum absolute atomic E-state index is 0.550. The molecule has 0 saturated carbocycles. The molecule has 0 spiro atoms. The molecule has 66 valence electrons. The van der Waals surface area contributed by atoms with Gasteiger partial charge in [-0.05, 0) is 25.8 Å². The normalized spacial score (nSPS) is 22.2. The lowest BCUT2D eigenvalue weighted by Crippen LogP contribution is -2.20. The summed E-state index contributed by atoms with van der Waals surface area (Å²) in [7, 11) is 0. The van der Waals surface area contributed by atoms with E-state index in [-0.39, 0.29) is 0 Å². The molecule has 2 rings (SSSR count). The molecule has 0 aromatic carbocycles. The van der Waals surface area contributed by atoms with E-state index in [9.17, 15) is 0 Å². The fraction of sp³-hybridized carbons (Fsp3) is 0.750. The maximum atomic E-state index is 5.53. The molecule has 1 atom stereocenters. The van der Waals surface area contributed by atoms with E-state index in [1.165, 1.54) is 12.8 Å². The van der Waals surface area contributed by atoms with E-state index in [0.29, 0.717) is 6.04 Å². The molecule has 0 fully saturated rings. The summed E-state index contributed by atoms with van der Waals surface area (Å²) >= 11 is 0. The molecule has 12 heavy (non-hydrogen) atoms. The highest BCUT2D eigenvalue weighted by atomic mass is 15.3. The number of aryl methyl sites for hydroxylation is 1. The third kappa shape index (κ3) is 1.22. The van der Waals surface area contributed by atoms with Crippen LogP contribution in [0.5, 0.6) is 0 Å². The topological polar surface area (TPSA) is 56.7 Å². The number of hydrogen-bond acceptors (Lipinski definition) is 3. The Morgan fingerprint density at radius 2 is 2.58 bits per heavy atom. The van der Waals surface area contributed by atoms with Crippen molar-refractivity contribution in [1.82, 2.24) is 14.8 Å². The van der Waals surface area contributed by atoms with Crippen molar-refractivity contribution in [2.75, 3.05) is 6.54 Å². The highest BCUT2D eigenvalue weighted by Crippen LogP contribution is 2.24. The predicted octanol–water partition coefficient (Wildman–Crippen LogP) is 0.504. The third-order valence-electron chi connectivity index (χ3n) is 2.48. The third-order valence-corrected chi connectivity index (χ3v) is 2.48. The van der Waals surface area contributed by atoms with Gasteiger partial charge in [0.05, 0.1) is 0 Å². The molecular formula is C8H14N4. The summed E-state index contributed by atoms with van der Waals surface area (Å²) < 4.78 is 2.18. The van der Waals surface area contributed by atoms with Gasteiger partial charge in [-0.2, -0.15) is 0 Å². The summed E-state index contributed by atoms with van der Waals surface area (Å²) in [6, 6.07) is 0.550. The average Bonchev–Trinajstić information content (AvgIpc) is 2.53. The number of hydrogen-bond donors (Lipinski definition) is 1. The summed E-state index contributed by atoms with van der Waals surface area (Å²) in [6.07, 6.45) is 6.40. The molecule has 2 N–H and O–H groups in total. The molecule has 1 aliphatic heterocycles. The van der Waals surface area contributed by atoms with Crippen LogP contribution in [0.2, 0.25) is 0 Å². The molecule has 1 unspecified atom stereocenters. The van der Waals surface area contributed by atoms with Crippen molar-refractivity contribution in [2.24, 2.45) is 5.73 Å². The molecule has 1 aromatic rings. The van der Waals surface area contributed by atoms with Crippen molar-refractivity contribution in [2.45, 2.75) is 31.7 Å². The number of nitrogens with zero attached hydrogens (tertiary/aromatic N) is 3. The van der Waals surface area contributed by atoms with Gasteiger partial charge in [-0.1, -0.05) is 0 Å². The lowest BCUT2D eigenvalue weighted by Gasteiger charge is -2.23. The van der Waals surface area contributed by atoms with Gasteiger partial charge in [0, 0.05) is 12.5 Å². The standard InChI is InChI=1S/C8H14N4/c9-5-4-7-2-1-3-8-11-10-6-12(7)8/h6-7H,1-5,9H2. The Morgan fingerprint density at radius 3 is 3.42 bits per heavy atom. The first kappa shape index (κ1) is 7.73. The highest BCUT2D eigenvalue weighted by Gasteiger charge is 2.19. The minimum atomic E-state index is 0.550. The van der Waals surface area contributed by atoms with Crippen molar-refractivity contribution in [3.8, 4) is 0 Å². The fourth-order valence-corrected chi connectivity index (χ4v) is 1.86. The first-order valence-electron chi connectivity index (χ1n) is 4.50. The highest BCUT2D eigenvalue weighted by molar-refractivity contribution is 4.93. The van der Waals surface area contributed by atoms with E-state index < -0.39 is 0 Å². The van der Waals surface area contributed by atoms with Crippen molar-refractivity contribution in [1.29, 1.82) is 0 Å². The minimum Gasteiger partial charge on any atom is -0.330 e. The SMILES string of the molecule is NCCC1CCCc2nncn21. The maximum Gasteiger partial charge on any atom is 0.133 e. The van der Waals surface area contributed by atoms with E-state index in [1.54, 1.807) is 0 Å². The second-order valence-corrected chi connectivity index (χ2v) is 3.28. The number of fused-ring (bicyclic) bond motifs is 1. The van der Waals surface area contributed by atoms with Crippen LogP contribution in [0.15, 0.2) is 6.33 Å². The van der Waals surface area contributed by atoms with Gasteiger partial charge in [0.1, 0.15) is 12.2 Å². The van der Waals surface area contributed by atoms with Gasteiger partial charge >= 0.3 is 0 Å². The van der Waals surface area contributed by atoms with Crippen molar-refractivity contribution >= 4 is 0 Å². The molecule has 0 bridgehead atoms. The van der Waals surface area contributed by atoms with Crippen LogP contribution in [0.3, 0.4) is 0 Å². The molecule has 0 saturated heterocycles. The Bertz CT molecular complexity index is 255. The van der Waals surface area contributed by atoms with Crippen LogP contribution >= 0.6 is 0 Å². The zero-order chi connectivity index (χ0) is 8.39. The molecule has 2 heterocycles. The van der Waals surface area contributed by atoms with Crippen LogP contribution in [-0.4, -0.2) is 21.3 Å². The monoisotopic (exact) mass is 166 g/mol. The lowest BCUT2D eigenvalue weighted by molar-refractivity contribution is 0.379. The maximum absolute atomic E-state index is 5.53. The summed E-state index contributed by atoms with van der Waals surface area (Å²) in [5.74, 6) is 1.12. The van der Waals surface area contributed by atoms with Crippen LogP contribution in [-0.2, 0) is 6.42 Å². The Kier molecular flexibility index (Phi) is 2.08. The van der Waals surface area contributed by atoms with Gasteiger partial charge in [-0.25, -0.2) is 0 Å². The van der Waals surface area contributed by atoms with Gasteiger partial charge in [-0.15, -0.1) is 10.2 Å². The number of nitrogens with two attached hydrogens (primary N) is 1. The molecular weight excluding hydrogens is 152 g/mol. The van der Waals surface area contributed by atoms with Crippen LogP contribution in [0.1, 0.15) is 31.1 Å². The first-order chi connectivity index (χ1) is 5.92. The largest absolute Gasteiger partial charge is 0.330 e. The predicted molar refractivity (Wildman–Crippen MR) is 45.7 cm³/mol. The quantitative estimate of drug-likeness (QED) is 0.696. The zero-order valence-electron chi connectivity index (χ0n) is 7.11. The van der Waals surface area contributed by atoms with E-state index >= 15 is 0 Å². The summed E-state index contributed by atoms with van der Waals surface area (Å²) in [4.78, 5) is 0. The second-order valence-electron chi connectivity index (χ2n) is 3.28. The smallest absolute Gasteiger partial charge is 0.133 e. The number of rotatable bonds is 2. The summed E-state index contributed by atoms with van der Waals surface area (Å²) in [6.45, 7) is 0.752. The fourth-order valence-electron chi connectivity index (χ4n) is 1.86. The molecule has 4 nitrogen and oxygen atoms in total. The van der Waals surface area contributed by atoms with Gasteiger partial charge in [-0.3, -0.25) is 0 Å². The van der Waals surface area contributed by atoms with Gasteiger partial charge in [0.25, 0.3) is 0 Å². The molecule has 0 radical (unpaired) electrons. The van der Waals surface area contributed by atoms with E-state index in [2.05, 4.69) is 14.8 Å². The van der Waals surface area contributed by atoms with Crippen LogP contribution in [0.4, 0.5) is 0 Å². The van der Waals surface area contributed by atoms with Crippen LogP contribution < -0.4 is 5.73 Å². The zero-order valence-corrected chi connectivity index (χ0v) is 7.11. The van der Waals surface area contributed by atoms with E-state index in [4.69, 9.17) is 5.73 Å². The molecule has 1 aromatic heterocycles. The Hall–Kier alpha value is -0.900. The van der Waals surface area contributed by atoms with Crippen LogP contribution in [0.25, 0.3) is 0 Å². The summed E-state index contributed by atoms with van der Waals surface area (Å²) in [5.41, 5.74) is 5.53. The van der Waals surface area contributed by atoms with Crippen LogP contribution in [0, 0.1) is 0 Å². The second kappa shape index (κ2) is 3.23. The molecule has 4 heteroatoms. The number of aromatic nitrogens is 3. The van der Waals surface area contributed by atoms with E-state index in [0.717, 1.165) is 25.2 Å². The summed E-state index contributed by atoms with van der Waals surface area (Å²) in [5, 5.41) is 7.97. The average molecular weight is 166 g/mol. The van der Waals surface area contributed by atoms with E-state index in [1.807, 2.05) is 6.33 Å². The van der Waals surface area contributed by atoms with Crippen molar-refractivity contribution in [3.63, 3.8) is 0 Å². The molecule has 0 amide bonds. The first-order valence-corrected chi connectivity index (χ1v) is 4.50. The van der Waals surface area contributed by atoms with Gasteiger partial charge in [0.15, 0.2) is 0 Å². The molecule has 0 aliphatic carbocycles. The van der Waals surface area contributed by atoms with Crippen molar-refractivity contribution in [3.05, 3.63) is 12.2 Å². The van der Waals surface area contributed by atoms with Crippen molar-refractivity contribution < 1.29 is 0 Å².